The van der Waals surface area contributed by atoms with Crippen LogP contribution >= 0.6 is 0 Å². The van der Waals surface area contributed by atoms with Crippen molar-refractivity contribution in [1.29, 1.82) is 0 Å². The summed E-state index contributed by atoms with van der Waals surface area (Å²) in [5.41, 5.74) is 5.95. The minimum atomic E-state index is -2.72. The van der Waals surface area contributed by atoms with Gasteiger partial charge in [0.05, 0.1) is 0 Å². The first-order valence-electron chi connectivity index (χ1n) is 4.30. The van der Waals surface area contributed by atoms with Crippen LogP contribution < -0.4 is 5.73 Å². The number of alkyl halides is 2. The molecule has 0 unspecified atom stereocenters. The summed E-state index contributed by atoms with van der Waals surface area (Å²) in [7, 11) is 0. The molecule has 0 radical (unpaired) electrons. The van der Waals surface area contributed by atoms with Crippen LogP contribution in [-0.4, -0.2) is 0 Å². The molecule has 0 aromatic heterocycles. The number of nitrogens with two attached hydrogens (primary N) is 1. The molecule has 0 heterocycles. The van der Waals surface area contributed by atoms with Gasteiger partial charge < -0.3 is 5.73 Å². The van der Waals surface area contributed by atoms with Crippen molar-refractivity contribution >= 4 is 5.69 Å². The van der Waals surface area contributed by atoms with Crippen molar-refractivity contribution in [2.24, 2.45) is 0 Å². The Morgan fingerprint density at radius 1 is 1.23 bits per heavy atom. The largest absolute Gasteiger partial charge is 0.399 e. The van der Waals surface area contributed by atoms with Gasteiger partial charge in [0.1, 0.15) is 0 Å². The minimum Gasteiger partial charge on any atom is -0.399 e. The van der Waals surface area contributed by atoms with Crippen molar-refractivity contribution in [2.45, 2.75) is 25.7 Å². The standard InChI is InChI=1S/C10H13F2N/c1-2-7-10(11,12)8-3-5-9(13)6-4-8/h3-6H,2,7,13H2,1H3. The molecule has 1 rings (SSSR count). The molecule has 0 spiro atoms. The van der Waals surface area contributed by atoms with Crippen LogP contribution in [0.4, 0.5) is 14.5 Å². The van der Waals surface area contributed by atoms with Gasteiger partial charge in [-0.15, -0.1) is 0 Å². The highest BCUT2D eigenvalue weighted by molar-refractivity contribution is 5.40. The lowest BCUT2D eigenvalue weighted by Gasteiger charge is -2.15. The van der Waals surface area contributed by atoms with Crippen LogP contribution in [0.1, 0.15) is 25.3 Å². The molecule has 1 aromatic rings. The lowest BCUT2D eigenvalue weighted by molar-refractivity contribution is -0.0140. The average Bonchev–Trinajstić information content (AvgIpc) is 2.05. The molecule has 0 saturated heterocycles. The number of halogens is 2. The summed E-state index contributed by atoms with van der Waals surface area (Å²) in [6.07, 6.45) is 0.355. The lowest BCUT2D eigenvalue weighted by atomic mass is 10.0. The van der Waals surface area contributed by atoms with E-state index in [-0.39, 0.29) is 12.0 Å². The van der Waals surface area contributed by atoms with Gasteiger partial charge in [-0.2, -0.15) is 0 Å². The fraction of sp³-hybridized carbons (Fsp3) is 0.400. The third-order valence-corrected chi connectivity index (χ3v) is 1.90. The van der Waals surface area contributed by atoms with E-state index in [0.29, 0.717) is 12.1 Å². The van der Waals surface area contributed by atoms with Crippen LogP contribution in [0.5, 0.6) is 0 Å². The minimum absolute atomic E-state index is 0.0450. The van der Waals surface area contributed by atoms with Gasteiger partial charge in [-0.3, -0.25) is 0 Å². The summed E-state index contributed by atoms with van der Waals surface area (Å²) >= 11 is 0. The molecule has 1 aromatic carbocycles. The first-order valence-corrected chi connectivity index (χ1v) is 4.30. The maximum atomic E-state index is 13.2. The van der Waals surface area contributed by atoms with Crippen molar-refractivity contribution < 1.29 is 8.78 Å². The summed E-state index contributed by atoms with van der Waals surface area (Å²) in [5, 5.41) is 0. The molecular weight excluding hydrogens is 172 g/mol. The second kappa shape index (κ2) is 3.73. The van der Waals surface area contributed by atoms with Crippen LogP contribution in [0.2, 0.25) is 0 Å². The summed E-state index contributed by atoms with van der Waals surface area (Å²) in [6, 6.07) is 5.76. The first-order chi connectivity index (χ1) is 6.06. The van der Waals surface area contributed by atoms with E-state index in [0.717, 1.165) is 0 Å². The number of anilines is 1. The highest BCUT2D eigenvalue weighted by Crippen LogP contribution is 2.32. The van der Waals surface area contributed by atoms with Crippen LogP contribution in [0, 0.1) is 0 Å². The number of rotatable bonds is 3. The number of benzene rings is 1. The molecule has 0 aliphatic heterocycles. The number of nitrogen functional groups attached to an aromatic ring is 1. The van der Waals surface area contributed by atoms with Crippen LogP contribution in [0.25, 0.3) is 0 Å². The molecule has 0 atom stereocenters. The van der Waals surface area contributed by atoms with Crippen molar-refractivity contribution in [3.63, 3.8) is 0 Å². The zero-order valence-electron chi connectivity index (χ0n) is 7.56. The zero-order chi connectivity index (χ0) is 9.90. The highest BCUT2D eigenvalue weighted by atomic mass is 19.3. The molecule has 72 valence electrons. The van der Waals surface area contributed by atoms with E-state index in [2.05, 4.69) is 0 Å². The molecule has 0 aliphatic rings. The topological polar surface area (TPSA) is 26.0 Å². The van der Waals surface area contributed by atoms with E-state index in [9.17, 15) is 8.78 Å². The van der Waals surface area contributed by atoms with Crippen molar-refractivity contribution in [3.8, 4) is 0 Å². The number of hydrogen-bond donors (Lipinski definition) is 1. The van der Waals surface area contributed by atoms with E-state index < -0.39 is 5.92 Å². The second-order valence-corrected chi connectivity index (χ2v) is 3.08. The van der Waals surface area contributed by atoms with Gasteiger partial charge in [0.15, 0.2) is 0 Å². The summed E-state index contributed by atoms with van der Waals surface area (Å²) in [4.78, 5) is 0. The Bertz CT molecular complexity index is 267. The summed E-state index contributed by atoms with van der Waals surface area (Å²) < 4.78 is 26.5. The maximum Gasteiger partial charge on any atom is 0.273 e. The van der Waals surface area contributed by atoms with Gasteiger partial charge in [0.25, 0.3) is 5.92 Å². The quantitative estimate of drug-likeness (QED) is 0.719. The van der Waals surface area contributed by atoms with Gasteiger partial charge in [-0.05, 0) is 12.1 Å². The number of hydrogen-bond acceptors (Lipinski definition) is 1. The molecule has 0 saturated carbocycles. The van der Waals surface area contributed by atoms with E-state index in [1.165, 1.54) is 24.3 Å². The van der Waals surface area contributed by atoms with E-state index >= 15 is 0 Å². The Morgan fingerprint density at radius 3 is 2.23 bits per heavy atom. The summed E-state index contributed by atoms with van der Waals surface area (Å²) in [5.74, 6) is -2.72. The van der Waals surface area contributed by atoms with Gasteiger partial charge in [-0.1, -0.05) is 25.5 Å². The van der Waals surface area contributed by atoms with E-state index in [1.54, 1.807) is 6.92 Å². The maximum absolute atomic E-state index is 13.2. The van der Waals surface area contributed by atoms with Gasteiger partial charge in [0, 0.05) is 17.7 Å². The average molecular weight is 185 g/mol. The predicted molar refractivity (Wildman–Crippen MR) is 49.7 cm³/mol. The van der Waals surface area contributed by atoms with Crippen molar-refractivity contribution in [3.05, 3.63) is 29.8 Å². The van der Waals surface area contributed by atoms with Crippen LogP contribution in [0.15, 0.2) is 24.3 Å². The molecule has 13 heavy (non-hydrogen) atoms. The fourth-order valence-electron chi connectivity index (χ4n) is 1.19. The molecule has 1 nitrogen and oxygen atoms in total. The predicted octanol–water partition coefficient (Wildman–Crippen LogP) is 3.16. The molecule has 0 fully saturated rings. The Balaban J connectivity index is 2.87. The fourth-order valence-corrected chi connectivity index (χ4v) is 1.19. The van der Waals surface area contributed by atoms with Gasteiger partial charge >= 0.3 is 0 Å². The third-order valence-electron chi connectivity index (χ3n) is 1.90. The van der Waals surface area contributed by atoms with Gasteiger partial charge in [0.2, 0.25) is 0 Å². The van der Waals surface area contributed by atoms with E-state index in [4.69, 9.17) is 5.73 Å². The molecule has 2 N–H and O–H groups in total. The smallest absolute Gasteiger partial charge is 0.273 e. The summed E-state index contributed by atoms with van der Waals surface area (Å²) in [6.45, 7) is 1.74. The third kappa shape index (κ3) is 2.41. The second-order valence-electron chi connectivity index (χ2n) is 3.08. The normalized spacial score (nSPS) is 11.6. The molecular formula is C10H13F2N. The molecule has 3 heteroatoms. The molecule has 0 amide bonds. The Hall–Kier alpha value is -1.12. The zero-order valence-corrected chi connectivity index (χ0v) is 7.56. The highest BCUT2D eigenvalue weighted by Gasteiger charge is 2.29. The monoisotopic (exact) mass is 185 g/mol. The Labute approximate surface area is 76.6 Å². The van der Waals surface area contributed by atoms with E-state index in [1.807, 2.05) is 0 Å². The Kier molecular flexibility index (Phi) is 2.86. The van der Waals surface area contributed by atoms with Crippen molar-refractivity contribution in [1.82, 2.24) is 0 Å². The SMILES string of the molecule is CCCC(F)(F)c1ccc(N)cc1. The Morgan fingerprint density at radius 2 is 1.77 bits per heavy atom. The van der Waals surface area contributed by atoms with Crippen LogP contribution in [0.3, 0.4) is 0 Å². The molecule has 0 aliphatic carbocycles. The van der Waals surface area contributed by atoms with Crippen molar-refractivity contribution in [2.75, 3.05) is 5.73 Å². The van der Waals surface area contributed by atoms with Gasteiger partial charge in [-0.25, -0.2) is 8.78 Å². The molecule has 0 bridgehead atoms. The lowest BCUT2D eigenvalue weighted by Crippen LogP contribution is -2.12. The first kappa shape index (κ1) is 9.96. The van der Waals surface area contributed by atoms with Crippen LogP contribution in [-0.2, 0) is 5.92 Å².